The summed E-state index contributed by atoms with van der Waals surface area (Å²) in [6, 6.07) is 15.4. The molecule has 2 aromatic carbocycles. The van der Waals surface area contributed by atoms with Crippen molar-refractivity contribution in [3.8, 4) is 11.5 Å². The Labute approximate surface area is 167 Å². The van der Waals surface area contributed by atoms with Gasteiger partial charge in [-0.15, -0.1) is 0 Å². The number of fused-ring (bicyclic) bond motifs is 1. The maximum atomic E-state index is 9.57. The Morgan fingerprint density at radius 1 is 0.929 bits per heavy atom. The van der Waals surface area contributed by atoms with Gasteiger partial charge in [0.05, 0.1) is 0 Å². The summed E-state index contributed by atoms with van der Waals surface area (Å²) >= 11 is 0. The molecule has 2 aromatic rings. The van der Waals surface area contributed by atoms with Crippen LogP contribution in [0.1, 0.15) is 23.1 Å². The Morgan fingerprint density at radius 2 is 1.68 bits per heavy atom. The highest BCUT2D eigenvalue weighted by Crippen LogP contribution is 2.31. The molecule has 0 amide bonds. The molecule has 0 radical (unpaired) electrons. The van der Waals surface area contributed by atoms with Gasteiger partial charge < -0.3 is 14.6 Å². The van der Waals surface area contributed by atoms with Crippen LogP contribution in [-0.2, 0) is 13.1 Å². The number of ether oxygens (including phenoxy) is 2. The van der Waals surface area contributed by atoms with E-state index in [-0.39, 0.29) is 6.61 Å². The second kappa shape index (κ2) is 8.95. The van der Waals surface area contributed by atoms with E-state index in [0.717, 1.165) is 50.6 Å². The van der Waals surface area contributed by atoms with Gasteiger partial charge in [-0.05, 0) is 36.6 Å². The van der Waals surface area contributed by atoms with Crippen molar-refractivity contribution in [2.45, 2.75) is 32.5 Å². The molecule has 0 aromatic heterocycles. The van der Waals surface area contributed by atoms with E-state index in [4.69, 9.17) is 9.47 Å². The maximum absolute atomic E-state index is 9.57. The van der Waals surface area contributed by atoms with E-state index in [1.807, 2.05) is 6.07 Å². The lowest BCUT2D eigenvalue weighted by atomic mass is 10.1. The summed E-state index contributed by atoms with van der Waals surface area (Å²) in [6.07, 6.45) is 0.809. The normalized spacial score (nSPS) is 20.3. The van der Waals surface area contributed by atoms with Gasteiger partial charge >= 0.3 is 0 Å². The molecule has 28 heavy (non-hydrogen) atoms. The fourth-order valence-electron chi connectivity index (χ4n) is 4.10. The van der Waals surface area contributed by atoms with Crippen molar-refractivity contribution in [1.29, 1.82) is 0 Å². The molecule has 2 aliphatic heterocycles. The zero-order valence-electron chi connectivity index (χ0n) is 16.6. The van der Waals surface area contributed by atoms with E-state index in [1.54, 1.807) is 0 Å². The summed E-state index contributed by atoms with van der Waals surface area (Å²) in [7, 11) is 0. The number of aliphatic hydroxyl groups is 1. The zero-order valence-corrected chi connectivity index (χ0v) is 16.6. The van der Waals surface area contributed by atoms with Gasteiger partial charge in [-0.1, -0.05) is 35.9 Å². The highest BCUT2D eigenvalue weighted by atomic mass is 16.6. The molecule has 2 heterocycles. The molecule has 0 aliphatic carbocycles. The first-order valence-electron chi connectivity index (χ1n) is 10.2. The number of nitrogens with zero attached hydrogens (tertiary/aromatic N) is 2. The third-order valence-electron chi connectivity index (χ3n) is 5.67. The lowest BCUT2D eigenvalue weighted by Crippen LogP contribution is -2.52. The quantitative estimate of drug-likeness (QED) is 0.832. The Balaban J connectivity index is 1.39. The minimum Gasteiger partial charge on any atom is -0.486 e. The van der Waals surface area contributed by atoms with Gasteiger partial charge in [0, 0.05) is 45.4 Å². The summed E-state index contributed by atoms with van der Waals surface area (Å²) < 4.78 is 11.3. The third kappa shape index (κ3) is 4.66. The Kier molecular flexibility index (Phi) is 6.15. The van der Waals surface area contributed by atoms with Crippen LogP contribution in [-0.4, -0.2) is 60.4 Å². The molecule has 150 valence electrons. The molecule has 0 bridgehead atoms. The van der Waals surface area contributed by atoms with Crippen molar-refractivity contribution in [2.24, 2.45) is 0 Å². The second-order valence-electron chi connectivity index (χ2n) is 7.84. The molecule has 1 fully saturated rings. The fourth-order valence-corrected chi connectivity index (χ4v) is 4.10. The van der Waals surface area contributed by atoms with Crippen LogP contribution in [0, 0.1) is 6.92 Å². The van der Waals surface area contributed by atoms with E-state index in [0.29, 0.717) is 19.3 Å². The van der Waals surface area contributed by atoms with Crippen LogP contribution in [0.4, 0.5) is 0 Å². The number of hydrogen-bond acceptors (Lipinski definition) is 5. The lowest BCUT2D eigenvalue weighted by molar-refractivity contribution is 0.0499. The smallest absolute Gasteiger partial charge is 0.161 e. The van der Waals surface area contributed by atoms with E-state index in [9.17, 15) is 5.11 Å². The molecule has 5 heteroatoms. The minimum absolute atomic E-state index is 0.229. The fraction of sp³-hybridized carbons (Fsp3) is 0.478. The minimum atomic E-state index is 0.229. The van der Waals surface area contributed by atoms with E-state index >= 15 is 0 Å². The maximum Gasteiger partial charge on any atom is 0.161 e. The van der Waals surface area contributed by atoms with Crippen LogP contribution in [0.15, 0.2) is 42.5 Å². The van der Waals surface area contributed by atoms with Gasteiger partial charge in [0.2, 0.25) is 0 Å². The molecule has 1 atom stereocenters. The van der Waals surface area contributed by atoms with Crippen molar-refractivity contribution in [3.05, 3.63) is 59.2 Å². The van der Waals surface area contributed by atoms with Crippen LogP contribution < -0.4 is 9.47 Å². The first kappa shape index (κ1) is 19.2. The average Bonchev–Trinajstić information content (AvgIpc) is 2.72. The molecule has 0 spiro atoms. The summed E-state index contributed by atoms with van der Waals surface area (Å²) in [5.41, 5.74) is 3.88. The highest BCUT2D eigenvalue weighted by Gasteiger charge is 2.27. The van der Waals surface area contributed by atoms with Gasteiger partial charge in [0.1, 0.15) is 13.2 Å². The van der Waals surface area contributed by atoms with Crippen LogP contribution in [0.2, 0.25) is 0 Å². The topological polar surface area (TPSA) is 45.2 Å². The molecule has 1 N–H and O–H groups in total. The zero-order chi connectivity index (χ0) is 19.3. The van der Waals surface area contributed by atoms with Crippen molar-refractivity contribution in [3.63, 3.8) is 0 Å². The number of rotatable bonds is 6. The van der Waals surface area contributed by atoms with Gasteiger partial charge in [0.25, 0.3) is 0 Å². The molecular formula is C23H30N2O3. The molecule has 1 saturated heterocycles. The summed E-state index contributed by atoms with van der Waals surface area (Å²) in [6.45, 7) is 8.46. The molecule has 0 saturated carbocycles. The van der Waals surface area contributed by atoms with Crippen molar-refractivity contribution in [1.82, 2.24) is 9.80 Å². The van der Waals surface area contributed by atoms with Gasteiger partial charge in [-0.3, -0.25) is 9.80 Å². The van der Waals surface area contributed by atoms with Crippen molar-refractivity contribution in [2.75, 3.05) is 39.5 Å². The SMILES string of the molecule is Cc1ccc(CN2CCN(Cc3ccc4c(c3)OCCO4)C[C@@H]2CCO)cc1. The Hall–Kier alpha value is -2.08. The van der Waals surface area contributed by atoms with E-state index in [1.165, 1.54) is 16.7 Å². The summed E-state index contributed by atoms with van der Waals surface area (Å²) in [5.74, 6) is 1.70. The molecule has 4 rings (SSSR count). The monoisotopic (exact) mass is 382 g/mol. The first-order chi connectivity index (χ1) is 13.7. The van der Waals surface area contributed by atoms with Crippen LogP contribution >= 0.6 is 0 Å². The van der Waals surface area contributed by atoms with E-state index < -0.39 is 0 Å². The van der Waals surface area contributed by atoms with Crippen molar-refractivity contribution < 1.29 is 14.6 Å². The largest absolute Gasteiger partial charge is 0.486 e. The first-order valence-corrected chi connectivity index (χ1v) is 10.2. The summed E-state index contributed by atoms with van der Waals surface area (Å²) in [5, 5.41) is 9.57. The van der Waals surface area contributed by atoms with Gasteiger partial charge in [-0.2, -0.15) is 0 Å². The van der Waals surface area contributed by atoms with Gasteiger partial charge in [0.15, 0.2) is 11.5 Å². The van der Waals surface area contributed by atoms with Crippen molar-refractivity contribution >= 4 is 0 Å². The average molecular weight is 383 g/mol. The predicted octanol–water partition coefficient (Wildman–Crippen LogP) is 2.84. The van der Waals surface area contributed by atoms with Gasteiger partial charge in [-0.25, -0.2) is 0 Å². The Bertz CT molecular complexity index is 778. The molecule has 2 aliphatic rings. The highest BCUT2D eigenvalue weighted by molar-refractivity contribution is 5.43. The van der Waals surface area contributed by atoms with Crippen LogP contribution in [0.3, 0.4) is 0 Å². The van der Waals surface area contributed by atoms with Crippen LogP contribution in [0.25, 0.3) is 0 Å². The summed E-state index contributed by atoms with van der Waals surface area (Å²) in [4.78, 5) is 5.00. The standard InChI is InChI=1S/C23H30N2O3/c1-18-2-4-19(5-3-18)16-25-10-9-24(17-21(25)8-11-26)15-20-6-7-22-23(14-20)28-13-12-27-22/h2-7,14,21,26H,8-13,15-17H2,1H3/t21-/m0/s1. The second-order valence-corrected chi connectivity index (χ2v) is 7.84. The molecule has 0 unspecified atom stereocenters. The third-order valence-corrected chi connectivity index (χ3v) is 5.67. The van der Waals surface area contributed by atoms with E-state index in [2.05, 4.69) is 53.1 Å². The number of hydrogen-bond donors (Lipinski definition) is 1. The number of benzene rings is 2. The molecular weight excluding hydrogens is 352 g/mol. The lowest BCUT2D eigenvalue weighted by Gasteiger charge is -2.41. The number of piperazine rings is 1. The number of aliphatic hydroxyl groups excluding tert-OH is 1. The van der Waals surface area contributed by atoms with Crippen LogP contribution in [0.5, 0.6) is 11.5 Å². The number of aryl methyl sites for hydroxylation is 1. The molecule has 5 nitrogen and oxygen atoms in total. The predicted molar refractivity (Wildman–Crippen MR) is 110 cm³/mol. The Morgan fingerprint density at radius 3 is 2.46 bits per heavy atom.